The molecule has 0 unspecified atom stereocenters. The highest BCUT2D eigenvalue weighted by Crippen LogP contribution is 2.32. The smallest absolute Gasteiger partial charge is 0.339 e. The molecule has 0 saturated heterocycles. The molecule has 0 amide bonds. The maximum Gasteiger partial charge on any atom is 0.339 e. The lowest BCUT2D eigenvalue weighted by molar-refractivity contribution is -0.133. The zero-order chi connectivity index (χ0) is 14.8. The van der Waals surface area contributed by atoms with E-state index in [2.05, 4.69) is 0 Å². The summed E-state index contributed by atoms with van der Waals surface area (Å²) in [6.07, 6.45) is 1.64. The first kappa shape index (κ1) is 13.8. The summed E-state index contributed by atoms with van der Waals surface area (Å²) < 4.78 is 16.6. The van der Waals surface area contributed by atoms with E-state index in [9.17, 15) is 9.00 Å². The van der Waals surface area contributed by atoms with E-state index >= 15 is 0 Å². The molecule has 1 heterocycles. The van der Waals surface area contributed by atoms with Gasteiger partial charge in [-0.25, -0.2) is 4.79 Å². The maximum atomic E-state index is 12.0. The van der Waals surface area contributed by atoms with Crippen LogP contribution in [-0.4, -0.2) is 23.0 Å². The minimum Gasteiger partial charge on any atom is -0.457 e. The predicted octanol–water partition coefficient (Wildman–Crippen LogP) is 2.89. The summed E-state index contributed by atoms with van der Waals surface area (Å²) in [4.78, 5) is 12.8. The molecule has 4 heteroatoms. The molecule has 1 atom stereocenters. The molecular formula is C17H14O3S. The number of esters is 1. The van der Waals surface area contributed by atoms with Crippen molar-refractivity contribution in [3.63, 3.8) is 0 Å². The van der Waals surface area contributed by atoms with Gasteiger partial charge in [-0.1, -0.05) is 42.5 Å². The molecule has 106 valence electrons. The van der Waals surface area contributed by atoms with Gasteiger partial charge in [-0.15, -0.1) is 0 Å². The molecule has 0 fully saturated rings. The molecule has 0 radical (unpaired) electrons. The summed E-state index contributed by atoms with van der Waals surface area (Å²) in [5.41, 5.74) is 3.27. The third kappa shape index (κ3) is 2.67. The number of hydrogen-bond acceptors (Lipinski definition) is 3. The summed E-state index contributed by atoms with van der Waals surface area (Å²) in [5, 5.41) is 0. The van der Waals surface area contributed by atoms with Gasteiger partial charge in [0, 0.05) is 27.5 Å². The third-order valence-corrected chi connectivity index (χ3v) is 4.39. The maximum absolute atomic E-state index is 12.0. The molecule has 0 bridgehead atoms. The van der Waals surface area contributed by atoms with Gasteiger partial charge >= 0.3 is 5.97 Å². The highest BCUT2D eigenvalue weighted by Gasteiger charge is 2.26. The van der Waals surface area contributed by atoms with Crippen molar-refractivity contribution in [2.75, 3.05) is 12.9 Å². The van der Waals surface area contributed by atoms with Crippen LogP contribution in [-0.2, 0) is 20.3 Å². The topological polar surface area (TPSA) is 43.4 Å². The normalized spacial score (nSPS) is 16.0. The average Bonchev–Trinajstić information content (AvgIpc) is 2.90. The standard InChI is InChI=1S/C17H14O3S/c1-21(19)14-9-7-12(8-10-14)15-11-20-17(18)16(15)13-5-3-2-4-6-13/h2-10H,11H2,1H3/t21-/m1/s1. The summed E-state index contributed by atoms with van der Waals surface area (Å²) in [7, 11) is -1.00. The highest BCUT2D eigenvalue weighted by molar-refractivity contribution is 7.84. The zero-order valence-corrected chi connectivity index (χ0v) is 12.4. The molecule has 2 aromatic rings. The minimum atomic E-state index is -1.00. The second kappa shape index (κ2) is 5.66. The van der Waals surface area contributed by atoms with Gasteiger partial charge in [0.15, 0.2) is 0 Å². The van der Waals surface area contributed by atoms with E-state index in [4.69, 9.17) is 4.74 Å². The van der Waals surface area contributed by atoms with E-state index in [0.717, 1.165) is 21.6 Å². The van der Waals surface area contributed by atoms with Gasteiger partial charge in [-0.05, 0) is 23.3 Å². The Morgan fingerprint density at radius 2 is 1.62 bits per heavy atom. The predicted molar refractivity (Wildman–Crippen MR) is 83.0 cm³/mol. The van der Waals surface area contributed by atoms with E-state index in [-0.39, 0.29) is 12.6 Å². The minimum absolute atomic E-state index is 0.275. The second-order valence-corrected chi connectivity index (χ2v) is 6.15. The molecule has 3 nitrogen and oxygen atoms in total. The summed E-state index contributed by atoms with van der Waals surface area (Å²) in [6, 6.07) is 16.9. The first-order valence-electron chi connectivity index (χ1n) is 6.56. The van der Waals surface area contributed by atoms with Crippen molar-refractivity contribution >= 4 is 27.9 Å². The van der Waals surface area contributed by atoms with Crippen molar-refractivity contribution in [2.45, 2.75) is 4.90 Å². The van der Waals surface area contributed by atoms with Gasteiger partial charge in [-0.3, -0.25) is 4.21 Å². The van der Waals surface area contributed by atoms with Crippen LogP contribution in [0.3, 0.4) is 0 Å². The fraction of sp³-hybridized carbons (Fsp3) is 0.118. The first-order valence-corrected chi connectivity index (χ1v) is 8.12. The lowest BCUT2D eigenvalue weighted by Crippen LogP contribution is -1.98. The van der Waals surface area contributed by atoms with E-state index in [1.165, 1.54) is 0 Å². The molecular weight excluding hydrogens is 284 g/mol. The third-order valence-electron chi connectivity index (χ3n) is 3.45. The Morgan fingerprint density at radius 3 is 2.24 bits per heavy atom. The Bertz CT molecular complexity index is 730. The number of hydrogen-bond donors (Lipinski definition) is 0. The Kier molecular flexibility index (Phi) is 3.71. The second-order valence-electron chi connectivity index (χ2n) is 4.77. The average molecular weight is 298 g/mol. The van der Waals surface area contributed by atoms with Crippen molar-refractivity contribution in [2.24, 2.45) is 0 Å². The number of carbonyl (C=O) groups is 1. The van der Waals surface area contributed by atoms with Crippen LogP contribution in [0, 0.1) is 0 Å². The largest absolute Gasteiger partial charge is 0.457 e. The van der Waals surface area contributed by atoms with Gasteiger partial charge < -0.3 is 4.74 Å². The Hall–Kier alpha value is -2.20. The lowest BCUT2D eigenvalue weighted by atomic mass is 9.97. The fourth-order valence-corrected chi connectivity index (χ4v) is 2.90. The van der Waals surface area contributed by atoms with Crippen LogP contribution in [0.5, 0.6) is 0 Å². The Balaban J connectivity index is 2.08. The van der Waals surface area contributed by atoms with Crippen molar-refractivity contribution in [3.05, 3.63) is 65.7 Å². The number of benzene rings is 2. The molecule has 0 aromatic heterocycles. The van der Waals surface area contributed by atoms with E-state index < -0.39 is 10.8 Å². The van der Waals surface area contributed by atoms with E-state index in [0.29, 0.717) is 5.57 Å². The van der Waals surface area contributed by atoms with E-state index in [1.807, 2.05) is 54.6 Å². The molecule has 2 aromatic carbocycles. The number of rotatable bonds is 3. The molecule has 0 saturated carbocycles. The monoisotopic (exact) mass is 298 g/mol. The molecule has 0 aliphatic carbocycles. The summed E-state index contributed by atoms with van der Waals surface area (Å²) in [6.45, 7) is 0.275. The van der Waals surface area contributed by atoms with Crippen LogP contribution in [0.2, 0.25) is 0 Å². The Morgan fingerprint density at radius 1 is 0.952 bits per heavy atom. The van der Waals surface area contributed by atoms with Crippen molar-refractivity contribution in [1.29, 1.82) is 0 Å². The van der Waals surface area contributed by atoms with Crippen LogP contribution < -0.4 is 0 Å². The first-order chi connectivity index (χ1) is 10.2. The molecule has 21 heavy (non-hydrogen) atoms. The lowest BCUT2D eigenvalue weighted by Gasteiger charge is -2.05. The number of cyclic esters (lactones) is 1. The molecule has 1 aliphatic rings. The SMILES string of the molecule is C[S@@](=O)c1ccc(C2=C(c3ccccc3)C(=O)OC2)cc1. The van der Waals surface area contributed by atoms with Gasteiger partial charge in [0.05, 0.1) is 5.57 Å². The van der Waals surface area contributed by atoms with Crippen molar-refractivity contribution in [1.82, 2.24) is 0 Å². The van der Waals surface area contributed by atoms with Gasteiger partial charge in [0.1, 0.15) is 6.61 Å². The van der Waals surface area contributed by atoms with Gasteiger partial charge in [-0.2, -0.15) is 0 Å². The zero-order valence-electron chi connectivity index (χ0n) is 11.5. The molecule has 1 aliphatic heterocycles. The van der Waals surface area contributed by atoms with Crippen LogP contribution in [0.4, 0.5) is 0 Å². The van der Waals surface area contributed by atoms with Gasteiger partial charge in [0.2, 0.25) is 0 Å². The molecule has 0 spiro atoms. The van der Waals surface area contributed by atoms with Crippen LogP contribution in [0.25, 0.3) is 11.1 Å². The van der Waals surface area contributed by atoms with Crippen molar-refractivity contribution < 1.29 is 13.7 Å². The fourth-order valence-electron chi connectivity index (χ4n) is 2.38. The van der Waals surface area contributed by atoms with Crippen LogP contribution >= 0.6 is 0 Å². The summed E-state index contributed by atoms with van der Waals surface area (Å²) in [5.74, 6) is -0.292. The molecule has 3 rings (SSSR count). The Labute approximate surface area is 125 Å². The van der Waals surface area contributed by atoms with Crippen LogP contribution in [0.15, 0.2) is 59.5 Å². The van der Waals surface area contributed by atoms with Crippen LogP contribution in [0.1, 0.15) is 11.1 Å². The molecule has 0 N–H and O–H groups in total. The van der Waals surface area contributed by atoms with E-state index in [1.54, 1.807) is 6.26 Å². The number of carbonyl (C=O) groups excluding carboxylic acids is 1. The number of ether oxygens (including phenoxy) is 1. The highest BCUT2D eigenvalue weighted by atomic mass is 32.2. The van der Waals surface area contributed by atoms with Gasteiger partial charge in [0.25, 0.3) is 0 Å². The van der Waals surface area contributed by atoms with Crippen molar-refractivity contribution in [3.8, 4) is 0 Å². The summed E-state index contributed by atoms with van der Waals surface area (Å²) >= 11 is 0. The quantitative estimate of drug-likeness (QED) is 0.818.